The number of rotatable bonds is 2. The Morgan fingerprint density at radius 1 is 1.23 bits per heavy atom. The molecule has 2 heterocycles. The molecule has 1 aromatic carbocycles. The number of hydrogen-bond donors (Lipinski definition) is 0. The van der Waals surface area contributed by atoms with Gasteiger partial charge in [0.1, 0.15) is 11.2 Å². The maximum atomic E-state index is 13.5. The fourth-order valence-corrected chi connectivity index (χ4v) is 3.32. The van der Waals surface area contributed by atoms with Crippen LogP contribution in [0.4, 0.5) is 18.0 Å². The highest BCUT2D eigenvalue weighted by Crippen LogP contribution is 2.45. The molecular formula is C18H11ClF3N2O2-. The molecule has 0 unspecified atom stereocenters. The molecule has 0 atom stereocenters. The fraction of sp³-hybridized carbons (Fsp3) is 0.222. The van der Waals surface area contributed by atoms with Gasteiger partial charge in [-0.2, -0.15) is 13.2 Å². The molecule has 1 aliphatic rings. The van der Waals surface area contributed by atoms with Crippen molar-refractivity contribution in [1.29, 1.82) is 0 Å². The molecule has 2 aromatic heterocycles. The number of benzene rings is 1. The van der Waals surface area contributed by atoms with E-state index in [1.165, 1.54) is 30.5 Å². The SMILES string of the molecule is O=C([O-])n1c(-c2cc(C3CC3)ccc2C(F)(F)F)cc2cnc(Cl)cc21. The topological polar surface area (TPSA) is 57.9 Å². The number of carboxylic acid groups (broad SMARTS) is 1. The first-order valence-electron chi connectivity index (χ1n) is 7.85. The Labute approximate surface area is 150 Å². The van der Waals surface area contributed by atoms with E-state index >= 15 is 0 Å². The summed E-state index contributed by atoms with van der Waals surface area (Å²) in [6.45, 7) is 0. The van der Waals surface area contributed by atoms with Gasteiger partial charge in [0.05, 0.1) is 16.8 Å². The summed E-state index contributed by atoms with van der Waals surface area (Å²) in [5.74, 6) is 0.216. The van der Waals surface area contributed by atoms with Gasteiger partial charge in [-0.3, -0.25) is 4.57 Å². The van der Waals surface area contributed by atoms with Gasteiger partial charge in [0.2, 0.25) is 0 Å². The molecule has 0 spiro atoms. The van der Waals surface area contributed by atoms with E-state index in [9.17, 15) is 23.1 Å². The Kier molecular flexibility index (Phi) is 3.73. The van der Waals surface area contributed by atoms with Crippen molar-refractivity contribution in [1.82, 2.24) is 9.55 Å². The zero-order chi connectivity index (χ0) is 18.6. The summed E-state index contributed by atoms with van der Waals surface area (Å²) in [5.41, 5.74) is -0.312. The number of carbonyl (C=O) groups excluding carboxylic acids is 1. The van der Waals surface area contributed by atoms with E-state index in [4.69, 9.17) is 11.6 Å². The second-order valence-corrected chi connectivity index (χ2v) is 6.66. The third kappa shape index (κ3) is 2.82. The predicted molar refractivity (Wildman–Crippen MR) is 88.0 cm³/mol. The van der Waals surface area contributed by atoms with Crippen LogP contribution in [0, 0.1) is 0 Å². The highest BCUT2D eigenvalue weighted by Gasteiger charge is 2.36. The largest absolute Gasteiger partial charge is 0.529 e. The van der Waals surface area contributed by atoms with Crippen LogP contribution in [0.25, 0.3) is 22.2 Å². The molecule has 0 aliphatic heterocycles. The molecule has 0 saturated heterocycles. The Balaban J connectivity index is 2.04. The molecule has 0 amide bonds. The zero-order valence-corrected chi connectivity index (χ0v) is 13.9. The summed E-state index contributed by atoms with van der Waals surface area (Å²) >= 11 is 5.81. The number of carbonyl (C=O) groups is 1. The first-order chi connectivity index (χ1) is 12.3. The number of fused-ring (bicyclic) bond motifs is 1. The van der Waals surface area contributed by atoms with Crippen LogP contribution < -0.4 is 5.11 Å². The minimum Gasteiger partial charge on any atom is -0.529 e. The average molecular weight is 380 g/mol. The van der Waals surface area contributed by atoms with E-state index < -0.39 is 17.8 Å². The lowest BCUT2D eigenvalue weighted by molar-refractivity contribution is -0.249. The summed E-state index contributed by atoms with van der Waals surface area (Å²) < 4.78 is 41.3. The fourth-order valence-electron chi connectivity index (χ4n) is 3.16. The number of nitrogens with zero attached hydrogens (tertiary/aromatic N) is 2. The van der Waals surface area contributed by atoms with E-state index in [0.717, 1.165) is 24.5 Å². The molecule has 0 bridgehead atoms. The second-order valence-electron chi connectivity index (χ2n) is 6.27. The van der Waals surface area contributed by atoms with Gasteiger partial charge in [-0.05, 0) is 42.5 Å². The van der Waals surface area contributed by atoms with Crippen LogP contribution in [-0.4, -0.2) is 15.6 Å². The van der Waals surface area contributed by atoms with Crippen LogP contribution >= 0.6 is 11.6 Å². The van der Waals surface area contributed by atoms with Gasteiger partial charge in [0.25, 0.3) is 0 Å². The van der Waals surface area contributed by atoms with Gasteiger partial charge in [-0.1, -0.05) is 17.7 Å². The lowest BCUT2D eigenvalue weighted by Crippen LogP contribution is -2.29. The van der Waals surface area contributed by atoms with Crippen LogP contribution in [0.2, 0.25) is 5.15 Å². The zero-order valence-electron chi connectivity index (χ0n) is 13.2. The van der Waals surface area contributed by atoms with Crippen molar-refractivity contribution in [3.05, 3.63) is 52.8 Å². The quantitative estimate of drug-likeness (QED) is 0.618. The first-order valence-corrected chi connectivity index (χ1v) is 8.23. The predicted octanol–water partition coefficient (Wildman–Crippen LogP) is 4.44. The van der Waals surface area contributed by atoms with Crippen molar-refractivity contribution in [3.63, 3.8) is 0 Å². The Bertz CT molecular complexity index is 1040. The third-order valence-corrected chi connectivity index (χ3v) is 4.72. The van der Waals surface area contributed by atoms with Crippen LogP contribution in [-0.2, 0) is 6.18 Å². The molecule has 1 saturated carbocycles. The van der Waals surface area contributed by atoms with Crippen molar-refractivity contribution in [2.75, 3.05) is 0 Å². The van der Waals surface area contributed by atoms with Crippen molar-refractivity contribution in [2.24, 2.45) is 0 Å². The lowest BCUT2D eigenvalue weighted by atomic mass is 9.98. The normalized spacial score (nSPS) is 14.8. The second kappa shape index (κ2) is 5.74. The smallest absolute Gasteiger partial charge is 0.417 e. The van der Waals surface area contributed by atoms with Crippen LogP contribution in [0.5, 0.6) is 0 Å². The van der Waals surface area contributed by atoms with E-state index in [1.807, 2.05) is 0 Å². The maximum absolute atomic E-state index is 13.5. The van der Waals surface area contributed by atoms with Gasteiger partial charge in [-0.25, -0.2) is 4.98 Å². The molecule has 4 rings (SSSR count). The van der Waals surface area contributed by atoms with E-state index in [-0.39, 0.29) is 27.8 Å². The lowest BCUT2D eigenvalue weighted by Gasteiger charge is -2.17. The Hall–Kier alpha value is -2.54. The molecule has 134 valence electrons. The van der Waals surface area contributed by atoms with Gasteiger partial charge in [0, 0.05) is 23.2 Å². The molecule has 1 aliphatic carbocycles. The molecule has 8 heteroatoms. The summed E-state index contributed by atoms with van der Waals surface area (Å²) in [6, 6.07) is 6.52. The molecule has 0 radical (unpaired) electrons. The minimum absolute atomic E-state index is 0.0347. The van der Waals surface area contributed by atoms with Gasteiger partial charge >= 0.3 is 6.18 Å². The van der Waals surface area contributed by atoms with Crippen molar-refractivity contribution < 1.29 is 23.1 Å². The molecule has 26 heavy (non-hydrogen) atoms. The van der Waals surface area contributed by atoms with E-state index in [0.29, 0.717) is 9.95 Å². The monoisotopic (exact) mass is 379 g/mol. The summed E-state index contributed by atoms with van der Waals surface area (Å²) in [5, 5.41) is 12.1. The van der Waals surface area contributed by atoms with Gasteiger partial charge < -0.3 is 9.90 Å². The van der Waals surface area contributed by atoms with Crippen LogP contribution in [0.15, 0.2) is 36.5 Å². The Morgan fingerprint density at radius 3 is 2.58 bits per heavy atom. The van der Waals surface area contributed by atoms with Crippen molar-refractivity contribution in [2.45, 2.75) is 24.9 Å². The summed E-state index contributed by atoms with van der Waals surface area (Å²) in [7, 11) is 0. The third-order valence-electron chi connectivity index (χ3n) is 4.51. The molecule has 0 N–H and O–H groups in total. The van der Waals surface area contributed by atoms with Gasteiger partial charge in [0.15, 0.2) is 0 Å². The summed E-state index contributed by atoms with van der Waals surface area (Å²) in [6.07, 6.45) is -3.12. The van der Waals surface area contributed by atoms with Crippen molar-refractivity contribution in [3.8, 4) is 11.3 Å². The number of halogens is 4. The number of pyridine rings is 1. The van der Waals surface area contributed by atoms with Gasteiger partial charge in [-0.15, -0.1) is 0 Å². The maximum Gasteiger partial charge on any atom is 0.417 e. The standard InChI is InChI=1S/C18H12ClF3N2O2/c19-16-7-14-11(8-23-16)6-15(24(14)17(25)26)12-5-10(9-1-2-9)3-4-13(12)18(20,21)22/h3-9H,1-2H2,(H,25,26)/p-1. The average Bonchev–Trinajstić information content (AvgIpc) is 3.33. The van der Waals surface area contributed by atoms with E-state index in [1.54, 1.807) is 0 Å². The minimum atomic E-state index is -4.62. The van der Waals surface area contributed by atoms with E-state index in [2.05, 4.69) is 4.98 Å². The number of alkyl halides is 3. The van der Waals surface area contributed by atoms with Crippen LogP contribution in [0.3, 0.4) is 0 Å². The number of hydrogen-bond acceptors (Lipinski definition) is 3. The highest BCUT2D eigenvalue weighted by atomic mass is 35.5. The Morgan fingerprint density at radius 2 is 1.96 bits per heavy atom. The van der Waals surface area contributed by atoms with Crippen molar-refractivity contribution >= 4 is 28.6 Å². The molecule has 1 fully saturated rings. The number of aromatic nitrogens is 2. The molecule has 4 nitrogen and oxygen atoms in total. The molecule has 3 aromatic rings. The first kappa shape index (κ1) is 16.9. The van der Waals surface area contributed by atoms with Crippen LogP contribution in [0.1, 0.15) is 29.9 Å². The highest BCUT2D eigenvalue weighted by molar-refractivity contribution is 6.30. The molecular weight excluding hydrogens is 369 g/mol. The summed E-state index contributed by atoms with van der Waals surface area (Å²) in [4.78, 5) is 15.5.